The van der Waals surface area contributed by atoms with Crippen LogP contribution in [-0.4, -0.2) is 18.8 Å². The number of nitrogens with one attached hydrogen (secondary N) is 1. The lowest BCUT2D eigenvalue weighted by molar-refractivity contribution is -0.135. The van der Waals surface area contributed by atoms with E-state index in [1.165, 1.54) is 0 Å². The maximum absolute atomic E-state index is 12.0. The topological polar surface area (TPSA) is 21.3 Å². The molecule has 0 aromatic heterocycles. The van der Waals surface area contributed by atoms with Gasteiger partial charge in [0.1, 0.15) is 5.75 Å². The molecule has 0 aliphatic heterocycles. The predicted molar refractivity (Wildman–Crippen MR) is 73.9 cm³/mol. The third kappa shape index (κ3) is 6.80. The van der Waals surface area contributed by atoms with Crippen molar-refractivity contribution in [3.05, 3.63) is 29.8 Å². The van der Waals surface area contributed by atoms with Crippen LogP contribution in [0.2, 0.25) is 0 Å². The summed E-state index contributed by atoms with van der Waals surface area (Å²) < 4.78 is 41.6. The number of halogens is 3. The lowest BCUT2D eigenvalue weighted by Crippen LogP contribution is -2.21. The first kappa shape index (κ1) is 16.8. The molecular weight excluding hydrogens is 267 g/mol. The molecule has 1 aromatic rings. The van der Waals surface area contributed by atoms with Gasteiger partial charge in [0, 0.05) is 12.5 Å². The summed E-state index contributed by atoms with van der Waals surface area (Å²) in [7, 11) is 0. The second-order valence-corrected chi connectivity index (χ2v) is 5.13. The van der Waals surface area contributed by atoms with Crippen LogP contribution in [0, 0.1) is 0 Å². The van der Waals surface area contributed by atoms with Gasteiger partial charge in [-0.1, -0.05) is 12.1 Å². The van der Waals surface area contributed by atoms with E-state index in [1.807, 2.05) is 45.0 Å². The zero-order chi connectivity index (χ0) is 15.2. The highest BCUT2D eigenvalue weighted by molar-refractivity contribution is 5.29. The second kappa shape index (κ2) is 7.53. The molecule has 0 amide bonds. The summed E-state index contributed by atoms with van der Waals surface area (Å²) in [6.45, 7) is 6.20. The molecule has 1 atom stereocenters. The number of hydrogen-bond acceptors (Lipinski definition) is 2. The Morgan fingerprint density at radius 3 is 2.20 bits per heavy atom. The lowest BCUT2D eigenvalue weighted by Gasteiger charge is -2.16. The van der Waals surface area contributed by atoms with Crippen LogP contribution in [0.4, 0.5) is 13.2 Å². The average Bonchev–Trinajstić information content (AvgIpc) is 2.33. The van der Waals surface area contributed by atoms with Crippen LogP contribution in [0.3, 0.4) is 0 Å². The summed E-state index contributed by atoms with van der Waals surface area (Å²) in [5, 5.41) is 3.09. The molecule has 1 unspecified atom stereocenters. The minimum atomic E-state index is -4.07. The van der Waals surface area contributed by atoms with Crippen LogP contribution < -0.4 is 10.1 Å². The fourth-order valence-electron chi connectivity index (χ4n) is 1.83. The van der Waals surface area contributed by atoms with Gasteiger partial charge < -0.3 is 10.1 Å². The smallest absolute Gasteiger partial charge is 0.389 e. The van der Waals surface area contributed by atoms with Crippen LogP contribution in [-0.2, 0) is 0 Å². The van der Waals surface area contributed by atoms with Gasteiger partial charge in [-0.2, -0.15) is 13.2 Å². The molecule has 1 N–H and O–H groups in total. The molecule has 114 valence electrons. The van der Waals surface area contributed by atoms with Crippen molar-refractivity contribution < 1.29 is 17.9 Å². The summed E-state index contributed by atoms with van der Waals surface area (Å²) in [5.74, 6) is 0.799. The zero-order valence-electron chi connectivity index (χ0n) is 12.1. The molecule has 0 saturated carbocycles. The third-order valence-electron chi connectivity index (χ3n) is 2.84. The van der Waals surface area contributed by atoms with E-state index >= 15 is 0 Å². The molecule has 1 aromatic carbocycles. The Bertz CT molecular complexity index is 387. The first-order valence-electron chi connectivity index (χ1n) is 6.84. The maximum atomic E-state index is 12.0. The molecule has 0 radical (unpaired) electrons. The Hall–Kier alpha value is -1.23. The molecule has 0 fully saturated rings. The number of rotatable bonds is 7. The van der Waals surface area contributed by atoms with Gasteiger partial charge in [-0.15, -0.1) is 0 Å². The standard InChI is InChI=1S/C15H22F3NO/c1-11(2)20-14-7-5-13(6-8-14)12(3)19-10-4-9-15(16,17)18/h5-8,11-12,19H,4,9-10H2,1-3H3. The van der Waals surface area contributed by atoms with Crippen LogP contribution >= 0.6 is 0 Å². The molecule has 0 bridgehead atoms. The first-order chi connectivity index (χ1) is 9.28. The van der Waals surface area contributed by atoms with Crippen LogP contribution in [0.5, 0.6) is 5.75 Å². The summed E-state index contributed by atoms with van der Waals surface area (Å²) in [6.07, 6.45) is -4.59. The van der Waals surface area contributed by atoms with Crippen LogP contribution in [0.15, 0.2) is 24.3 Å². The number of hydrogen-bond donors (Lipinski definition) is 1. The van der Waals surface area contributed by atoms with E-state index in [1.54, 1.807) is 0 Å². The summed E-state index contributed by atoms with van der Waals surface area (Å²) in [5.41, 5.74) is 1.04. The second-order valence-electron chi connectivity index (χ2n) is 5.13. The van der Waals surface area contributed by atoms with Gasteiger partial charge >= 0.3 is 6.18 Å². The van der Waals surface area contributed by atoms with E-state index in [-0.39, 0.29) is 18.6 Å². The first-order valence-corrected chi connectivity index (χ1v) is 6.84. The van der Waals surface area contributed by atoms with Crippen molar-refractivity contribution in [1.82, 2.24) is 5.32 Å². The fraction of sp³-hybridized carbons (Fsp3) is 0.600. The fourth-order valence-corrected chi connectivity index (χ4v) is 1.83. The summed E-state index contributed by atoms with van der Waals surface area (Å²) >= 11 is 0. The van der Waals surface area contributed by atoms with E-state index in [0.29, 0.717) is 6.54 Å². The molecular formula is C15H22F3NO. The Kier molecular flexibility index (Phi) is 6.33. The predicted octanol–water partition coefficient (Wildman–Crippen LogP) is 4.47. The summed E-state index contributed by atoms with van der Waals surface area (Å²) in [4.78, 5) is 0. The highest BCUT2D eigenvalue weighted by Crippen LogP contribution is 2.22. The molecule has 0 aliphatic rings. The van der Waals surface area contributed by atoms with Crippen molar-refractivity contribution >= 4 is 0 Å². The number of benzene rings is 1. The van der Waals surface area contributed by atoms with Gasteiger partial charge in [0.25, 0.3) is 0 Å². The Labute approximate surface area is 118 Å². The monoisotopic (exact) mass is 289 g/mol. The molecule has 2 nitrogen and oxygen atoms in total. The average molecular weight is 289 g/mol. The largest absolute Gasteiger partial charge is 0.491 e. The van der Waals surface area contributed by atoms with Crippen molar-refractivity contribution in [2.45, 2.75) is 51.9 Å². The molecule has 20 heavy (non-hydrogen) atoms. The molecule has 0 heterocycles. The van der Waals surface area contributed by atoms with E-state index in [9.17, 15) is 13.2 Å². The normalized spacial score (nSPS) is 13.6. The Balaban J connectivity index is 2.38. The SMILES string of the molecule is CC(C)Oc1ccc(C(C)NCCCC(F)(F)F)cc1. The number of ether oxygens (including phenoxy) is 1. The van der Waals surface area contributed by atoms with Gasteiger partial charge in [0.05, 0.1) is 6.10 Å². The van der Waals surface area contributed by atoms with E-state index < -0.39 is 12.6 Å². The minimum absolute atomic E-state index is 0.0244. The van der Waals surface area contributed by atoms with Gasteiger partial charge in [-0.05, 0) is 51.4 Å². The lowest BCUT2D eigenvalue weighted by atomic mass is 10.1. The number of alkyl halides is 3. The Morgan fingerprint density at radius 2 is 1.70 bits per heavy atom. The van der Waals surface area contributed by atoms with Crippen molar-refractivity contribution in [2.75, 3.05) is 6.54 Å². The van der Waals surface area contributed by atoms with Crippen molar-refractivity contribution in [3.8, 4) is 5.75 Å². The zero-order valence-corrected chi connectivity index (χ0v) is 12.1. The van der Waals surface area contributed by atoms with E-state index in [0.717, 1.165) is 11.3 Å². The van der Waals surface area contributed by atoms with Crippen molar-refractivity contribution in [3.63, 3.8) is 0 Å². The quantitative estimate of drug-likeness (QED) is 0.748. The maximum Gasteiger partial charge on any atom is 0.389 e. The molecule has 5 heteroatoms. The highest BCUT2D eigenvalue weighted by Gasteiger charge is 2.25. The summed E-state index contributed by atoms with van der Waals surface area (Å²) in [6, 6.07) is 7.64. The van der Waals surface area contributed by atoms with E-state index in [2.05, 4.69) is 5.32 Å². The van der Waals surface area contributed by atoms with Gasteiger partial charge in [-0.3, -0.25) is 0 Å². The van der Waals surface area contributed by atoms with Crippen LogP contribution in [0.25, 0.3) is 0 Å². The highest BCUT2D eigenvalue weighted by atomic mass is 19.4. The van der Waals surface area contributed by atoms with E-state index in [4.69, 9.17) is 4.74 Å². The minimum Gasteiger partial charge on any atom is -0.491 e. The van der Waals surface area contributed by atoms with Gasteiger partial charge in [0.2, 0.25) is 0 Å². The van der Waals surface area contributed by atoms with Gasteiger partial charge in [-0.25, -0.2) is 0 Å². The van der Waals surface area contributed by atoms with Crippen molar-refractivity contribution in [2.24, 2.45) is 0 Å². The van der Waals surface area contributed by atoms with Crippen molar-refractivity contribution in [1.29, 1.82) is 0 Å². The molecule has 0 spiro atoms. The molecule has 0 saturated heterocycles. The third-order valence-corrected chi connectivity index (χ3v) is 2.84. The van der Waals surface area contributed by atoms with Gasteiger partial charge in [0.15, 0.2) is 0 Å². The Morgan fingerprint density at radius 1 is 1.10 bits per heavy atom. The molecule has 1 rings (SSSR count). The van der Waals surface area contributed by atoms with Crippen LogP contribution in [0.1, 0.15) is 45.2 Å². The molecule has 0 aliphatic carbocycles.